The smallest absolute Gasteiger partial charge is 0.220 e. The molecule has 3 N–H and O–H groups in total. The number of rotatable bonds is 30. The lowest BCUT2D eigenvalue weighted by Crippen LogP contribution is -2.45. The molecule has 0 rings (SSSR count). The summed E-state index contributed by atoms with van der Waals surface area (Å²) in [5.41, 5.74) is 0. The van der Waals surface area contributed by atoms with Gasteiger partial charge < -0.3 is 15.5 Å². The predicted octanol–water partition coefficient (Wildman–Crippen LogP) is 9.90. The van der Waals surface area contributed by atoms with Gasteiger partial charge in [0.25, 0.3) is 0 Å². The molecule has 0 bridgehead atoms. The summed E-state index contributed by atoms with van der Waals surface area (Å²) in [7, 11) is 0. The van der Waals surface area contributed by atoms with Gasteiger partial charge in [0.1, 0.15) is 0 Å². The van der Waals surface area contributed by atoms with Crippen LogP contribution in [-0.2, 0) is 4.79 Å². The maximum absolute atomic E-state index is 12.2. The minimum atomic E-state index is -0.859. The zero-order chi connectivity index (χ0) is 29.4. The van der Waals surface area contributed by atoms with Crippen LogP contribution in [0, 0.1) is 0 Å². The quantitative estimate of drug-likeness (QED) is 0.0603. The zero-order valence-corrected chi connectivity index (χ0v) is 26.6. The molecule has 0 aromatic carbocycles. The van der Waals surface area contributed by atoms with E-state index in [0.29, 0.717) is 6.42 Å². The van der Waals surface area contributed by atoms with Gasteiger partial charge in [-0.3, -0.25) is 4.79 Å². The lowest BCUT2D eigenvalue weighted by molar-refractivity contribution is -0.123. The number of amides is 1. The molecular formula is C36H67NO3. The van der Waals surface area contributed by atoms with Crippen LogP contribution in [0.15, 0.2) is 36.5 Å². The largest absolute Gasteiger partial charge is 0.394 e. The van der Waals surface area contributed by atoms with E-state index in [9.17, 15) is 15.0 Å². The van der Waals surface area contributed by atoms with Gasteiger partial charge in [0.15, 0.2) is 0 Å². The van der Waals surface area contributed by atoms with Gasteiger partial charge in [-0.1, -0.05) is 140 Å². The Morgan fingerprint density at radius 2 is 0.975 bits per heavy atom. The van der Waals surface area contributed by atoms with Gasteiger partial charge in [0.05, 0.1) is 18.8 Å². The first-order valence-corrected chi connectivity index (χ1v) is 17.2. The predicted molar refractivity (Wildman–Crippen MR) is 175 cm³/mol. The lowest BCUT2D eigenvalue weighted by Gasteiger charge is -2.19. The molecule has 0 aromatic rings. The van der Waals surface area contributed by atoms with Crippen molar-refractivity contribution in [2.75, 3.05) is 6.61 Å². The molecule has 0 radical (unpaired) electrons. The third-order valence-corrected chi connectivity index (χ3v) is 7.60. The van der Waals surface area contributed by atoms with E-state index in [-0.39, 0.29) is 12.5 Å². The molecule has 0 fully saturated rings. The Labute approximate surface area is 249 Å². The Morgan fingerprint density at radius 1 is 0.575 bits per heavy atom. The average Bonchev–Trinajstić information content (AvgIpc) is 2.96. The second-order valence-electron chi connectivity index (χ2n) is 11.6. The fourth-order valence-electron chi connectivity index (χ4n) is 4.89. The first-order chi connectivity index (χ1) is 19.7. The molecule has 0 aromatic heterocycles. The van der Waals surface area contributed by atoms with Gasteiger partial charge in [0.2, 0.25) is 5.91 Å². The van der Waals surface area contributed by atoms with Crippen molar-refractivity contribution < 1.29 is 15.0 Å². The van der Waals surface area contributed by atoms with E-state index in [1.165, 1.54) is 116 Å². The minimum absolute atomic E-state index is 0.0831. The SMILES string of the molecule is CCCCC/C=C/CC/C=C/C(O)C(CO)NC(=O)CCCCCCCCC/C=C\CCCCCCCCCC. The molecule has 0 spiro atoms. The molecule has 234 valence electrons. The van der Waals surface area contributed by atoms with E-state index in [2.05, 4.69) is 43.5 Å². The third kappa shape index (κ3) is 28.1. The van der Waals surface area contributed by atoms with Gasteiger partial charge in [0, 0.05) is 6.42 Å². The number of carbonyl (C=O) groups excluding carboxylic acids is 1. The van der Waals surface area contributed by atoms with Crippen molar-refractivity contribution in [2.45, 2.75) is 180 Å². The summed E-state index contributed by atoms with van der Waals surface area (Å²) in [6.07, 6.45) is 40.9. The first-order valence-electron chi connectivity index (χ1n) is 17.2. The molecule has 0 aliphatic carbocycles. The number of nitrogens with one attached hydrogen (secondary N) is 1. The molecule has 0 saturated carbocycles. The van der Waals surface area contributed by atoms with E-state index < -0.39 is 12.1 Å². The Kier molecular flexibility index (Phi) is 31.0. The number of hydrogen-bond donors (Lipinski definition) is 3. The number of hydrogen-bond acceptors (Lipinski definition) is 3. The molecule has 2 unspecified atom stereocenters. The maximum Gasteiger partial charge on any atom is 0.220 e. The summed E-state index contributed by atoms with van der Waals surface area (Å²) >= 11 is 0. The second kappa shape index (κ2) is 32.1. The molecule has 0 saturated heterocycles. The molecule has 0 aliphatic rings. The van der Waals surface area contributed by atoms with Gasteiger partial charge in [-0.15, -0.1) is 0 Å². The molecule has 1 amide bonds. The second-order valence-corrected chi connectivity index (χ2v) is 11.6. The molecule has 0 heterocycles. The van der Waals surface area contributed by atoms with Crippen LogP contribution in [0.25, 0.3) is 0 Å². The van der Waals surface area contributed by atoms with E-state index in [0.717, 1.165) is 32.1 Å². The minimum Gasteiger partial charge on any atom is -0.394 e. The Hall–Kier alpha value is -1.39. The molecule has 2 atom stereocenters. The van der Waals surface area contributed by atoms with Gasteiger partial charge in [-0.05, 0) is 57.8 Å². The zero-order valence-electron chi connectivity index (χ0n) is 26.6. The first kappa shape index (κ1) is 38.6. The highest BCUT2D eigenvalue weighted by Crippen LogP contribution is 2.12. The van der Waals surface area contributed by atoms with Crippen molar-refractivity contribution in [1.82, 2.24) is 5.32 Å². The van der Waals surface area contributed by atoms with E-state index in [4.69, 9.17) is 0 Å². The Bertz CT molecular complexity index is 613. The highest BCUT2D eigenvalue weighted by molar-refractivity contribution is 5.76. The monoisotopic (exact) mass is 562 g/mol. The standard InChI is InChI=1S/C36H67NO3/c1-3-5-7-9-11-13-14-15-16-17-18-19-20-21-22-24-26-28-30-32-36(40)37-34(33-38)35(39)31-29-27-25-23-12-10-8-6-4-2/h12,17-18,23,29,31,34-35,38-39H,3-11,13-16,19-22,24-28,30,32-33H2,1-2H3,(H,37,40)/b18-17-,23-12+,31-29+. The fourth-order valence-corrected chi connectivity index (χ4v) is 4.89. The summed E-state index contributed by atoms with van der Waals surface area (Å²) in [6, 6.07) is -0.636. The van der Waals surface area contributed by atoms with Crippen LogP contribution in [-0.4, -0.2) is 34.9 Å². The lowest BCUT2D eigenvalue weighted by atomic mass is 10.1. The molecular weight excluding hydrogens is 494 g/mol. The van der Waals surface area contributed by atoms with Crippen molar-refractivity contribution >= 4 is 5.91 Å². The van der Waals surface area contributed by atoms with Gasteiger partial charge in [-0.2, -0.15) is 0 Å². The normalized spacial score (nSPS) is 13.6. The van der Waals surface area contributed by atoms with E-state index in [1.807, 2.05) is 6.08 Å². The van der Waals surface area contributed by atoms with E-state index in [1.54, 1.807) is 6.08 Å². The highest BCUT2D eigenvalue weighted by Gasteiger charge is 2.17. The summed E-state index contributed by atoms with van der Waals surface area (Å²) in [5.74, 6) is -0.0831. The molecule has 40 heavy (non-hydrogen) atoms. The van der Waals surface area contributed by atoms with Crippen molar-refractivity contribution in [2.24, 2.45) is 0 Å². The van der Waals surface area contributed by atoms with Gasteiger partial charge >= 0.3 is 0 Å². The molecule has 4 heteroatoms. The summed E-state index contributed by atoms with van der Waals surface area (Å²) < 4.78 is 0. The molecule has 4 nitrogen and oxygen atoms in total. The number of aliphatic hydroxyl groups excluding tert-OH is 2. The Balaban J connectivity index is 3.62. The number of carbonyl (C=O) groups is 1. The number of unbranched alkanes of at least 4 members (excludes halogenated alkanes) is 19. The number of aliphatic hydroxyl groups is 2. The average molecular weight is 562 g/mol. The number of allylic oxidation sites excluding steroid dienone is 5. The van der Waals surface area contributed by atoms with Crippen molar-refractivity contribution in [3.63, 3.8) is 0 Å². The van der Waals surface area contributed by atoms with Crippen LogP contribution in [0.1, 0.15) is 168 Å². The van der Waals surface area contributed by atoms with Crippen molar-refractivity contribution in [1.29, 1.82) is 0 Å². The van der Waals surface area contributed by atoms with Crippen LogP contribution in [0.4, 0.5) is 0 Å². The highest BCUT2D eigenvalue weighted by atomic mass is 16.3. The van der Waals surface area contributed by atoms with Crippen molar-refractivity contribution in [3.8, 4) is 0 Å². The Morgan fingerprint density at radius 3 is 1.50 bits per heavy atom. The summed E-state index contributed by atoms with van der Waals surface area (Å²) in [5, 5.41) is 22.7. The van der Waals surface area contributed by atoms with Crippen molar-refractivity contribution in [3.05, 3.63) is 36.5 Å². The van der Waals surface area contributed by atoms with Gasteiger partial charge in [-0.25, -0.2) is 0 Å². The van der Waals surface area contributed by atoms with E-state index >= 15 is 0 Å². The van der Waals surface area contributed by atoms with Crippen LogP contribution in [0.2, 0.25) is 0 Å². The van der Waals surface area contributed by atoms with Crippen LogP contribution >= 0.6 is 0 Å². The summed E-state index contributed by atoms with van der Waals surface area (Å²) in [6.45, 7) is 4.23. The topological polar surface area (TPSA) is 69.6 Å². The fraction of sp³-hybridized carbons (Fsp3) is 0.806. The molecule has 0 aliphatic heterocycles. The summed E-state index contributed by atoms with van der Waals surface area (Å²) in [4.78, 5) is 12.2. The van der Waals surface area contributed by atoms with Crippen LogP contribution in [0.3, 0.4) is 0 Å². The van der Waals surface area contributed by atoms with Crippen LogP contribution in [0.5, 0.6) is 0 Å². The maximum atomic E-state index is 12.2. The van der Waals surface area contributed by atoms with Crippen LogP contribution < -0.4 is 5.32 Å². The third-order valence-electron chi connectivity index (χ3n) is 7.60.